The van der Waals surface area contributed by atoms with Crippen LogP contribution in [-0.4, -0.2) is 25.0 Å². The molecule has 0 fully saturated rings. The van der Waals surface area contributed by atoms with Gasteiger partial charge in [-0.05, 0) is 54.3 Å². The van der Waals surface area contributed by atoms with Gasteiger partial charge in [-0.15, -0.1) is 0 Å². The monoisotopic (exact) mass is 443 g/mol. The number of anilines is 1. The van der Waals surface area contributed by atoms with Gasteiger partial charge in [-0.1, -0.05) is 31.5 Å². The Morgan fingerprint density at radius 1 is 0.970 bits per heavy atom. The first-order valence-corrected chi connectivity index (χ1v) is 10.9. The van der Waals surface area contributed by atoms with E-state index in [4.69, 9.17) is 0 Å². The van der Waals surface area contributed by atoms with Crippen LogP contribution in [0.25, 0.3) is 11.0 Å². The van der Waals surface area contributed by atoms with E-state index in [1.165, 1.54) is 16.3 Å². The number of pyridine rings is 2. The van der Waals surface area contributed by atoms with Gasteiger partial charge in [0.1, 0.15) is 6.54 Å². The Kier molecular flexibility index (Phi) is 6.73. The fourth-order valence-corrected chi connectivity index (χ4v) is 3.69. The van der Waals surface area contributed by atoms with Gasteiger partial charge in [0.25, 0.3) is 5.56 Å². The second-order valence-electron chi connectivity index (χ2n) is 7.84. The van der Waals surface area contributed by atoms with Gasteiger partial charge in [0, 0.05) is 24.3 Å². The number of carbonyl (C=O) groups is 1. The van der Waals surface area contributed by atoms with Crippen LogP contribution in [0.5, 0.6) is 0 Å². The number of aromatic nitrogens is 4. The molecule has 8 nitrogen and oxygen atoms in total. The lowest BCUT2D eigenvalue weighted by Gasteiger charge is -2.14. The summed E-state index contributed by atoms with van der Waals surface area (Å²) in [7, 11) is 0. The fraction of sp³-hybridized carbons (Fsp3) is 0.240. The standard InChI is InChI=1S/C25H25N5O3/c1-2-3-6-18-9-11-20(12-10-18)28-22(31)17-29-21-8-5-14-27-23(21)24(32)30(25(29)33)16-19-7-4-13-26-15-19/h4-5,7-15H,2-3,6,16-17H2,1H3,(H,28,31). The van der Waals surface area contributed by atoms with Crippen LogP contribution in [-0.2, 0) is 24.3 Å². The van der Waals surface area contributed by atoms with Gasteiger partial charge in [0.15, 0.2) is 5.52 Å². The highest BCUT2D eigenvalue weighted by Gasteiger charge is 2.16. The van der Waals surface area contributed by atoms with Gasteiger partial charge >= 0.3 is 5.69 Å². The van der Waals surface area contributed by atoms with Crippen molar-refractivity contribution >= 4 is 22.6 Å². The number of carbonyl (C=O) groups excluding carboxylic acids is 1. The van der Waals surface area contributed by atoms with Gasteiger partial charge in [-0.25, -0.2) is 9.78 Å². The van der Waals surface area contributed by atoms with E-state index in [1.54, 1.807) is 36.7 Å². The summed E-state index contributed by atoms with van der Waals surface area (Å²) in [5, 5.41) is 2.83. The predicted octanol–water partition coefficient (Wildman–Crippen LogP) is 2.98. The van der Waals surface area contributed by atoms with Crippen molar-refractivity contribution in [1.82, 2.24) is 19.1 Å². The number of benzene rings is 1. The molecule has 3 heterocycles. The molecule has 8 heteroatoms. The molecular weight excluding hydrogens is 418 g/mol. The molecule has 168 valence electrons. The Balaban J connectivity index is 1.63. The van der Waals surface area contributed by atoms with Crippen molar-refractivity contribution in [3.05, 3.63) is 99.1 Å². The quantitative estimate of drug-likeness (QED) is 0.451. The van der Waals surface area contributed by atoms with Crippen LogP contribution in [0.2, 0.25) is 0 Å². The number of amides is 1. The second-order valence-corrected chi connectivity index (χ2v) is 7.84. The molecule has 1 N–H and O–H groups in total. The van der Waals surface area contributed by atoms with E-state index in [0.717, 1.165) is 23.8 Å². The van der Waals surface area contributed by atoms with Gasteiger partial charge in [-0.3, -0.25) is 23.7 Å². The smallest absolute Gasteiger partial charge is 0.325 e. The van der Waals surface area contributed by atoms with E-state index >= 15 is 0 Å². The molecule has 1 amide bonds. The molecule has 4 aromatic rings. The summed E-state index contributed by atoms with van der Waals surface area (Å²) in [4.78, 5) is 47.2. The fourth-order valence-electron chi connectivity index (χ4n) is 3.69. The predicted molar refractivity (Wildman–Crippen MR) is 127 cm³/mol. The molecular formula is C25H25N5O3. The number of rotatable bonds is 8. The van der Waals surface area contributed by atoms with Gasteiger partial charge in [0.2, 0.25) is 5.91 Å². The SMILES string of the molecule is CCCCc1ccc(NC(=O)Cn2c(=O)n(Cc3cccnc3)c(=O)c3ncccc32)cc1. The van der Waals surface area contributed by atoms with Crippen molar-refractivity contribution in [1.29, 1.82) is 0 Å². The average Bonchev–Trinajstić information content (AvgIpc) is 2.84. The maximum atomic E-state index is 13.2. The maximum Gasteiger partial charge on any atom is 0.332 e. The van der Waals surface area contributed by atoms with Crippen molar-refractivity contribution in [2.45, 2.75) is 39.3 Å². The summed E-state index contributed by atoms with van der Waals surface area (Å²) in [6.07, 6.45) is 7.94. The molecule has 0 aliphatic rings. The van der Waals surface area contributed by atoms with Crippen LogP contribution in [0.15, 0.2) is 76.7 Å². The molecule has 0 aliphatic heterocycles. The Bertz CT molecular complexity index is 1380. The molecule has 33 heavy (non-hydrogen) atoms. The van der Waals surface area contributed by atoms with Gasteiger partial charge < -0.3 is 5.32 Å². The largest absolute Gasteiger partial charge is 0.332 e. The number of nitrogens with one attached hydrogen (secondary N) is 1. The third-order valence-corrected chi connectivity index (χ3v) is 5.41. The highest BCUT2D eigenvalue weighted by Crippen LogP contribution is 2.12. The van der Waals surface area contributed by atoms with Gasteiger partial charge in [-0.2, -0.15) is 0 Å². The van der Waals surface area contributed by atoms with E-state index < -0.39 is 11.2 Å². The summed E-state index contributed by atoms with van der Waals surface area (Å²) < 4.78 is 2.37. The van der Waals surface area contributed by atoms with Crippen molar-refractivity contribution < 1.29 is 4.79 Å². The molecule has 3 aromatic heterocycles. The van der Waals surface area contributed by atoms with E-state index in [1.807, 2.05) is 24.3 Å². The van der Waals surface area contributed by atoms with Crippen LogP contribution in [0.3, 0.4) is 0 Å². The zero-order chi connectivity index (χ0) is 23.2. The zero-order valence-electron chi connectivity index (χ0n) is 18.4. The van der Waals surface area contributed by atoms with Crippen molar-refractivity contribution in [3.63, 3.8) is 0 Å². The van der Waals surface area contributed by atoms with Crippen molar-refractivity contribution in [3.8, 4) is 0 Å². The number of fused-ring (bicyclic) bond motifs is 1. The summed E-state index contributed by atoms with van der Waals surface area (Å²) in [5.74, 6) is -0.366. The summed E-state index contributed by atoms with van der Waals surface area (Å²) in [6.45, 7) is 1.94. The molecule has 0 radical (unpaired) electrons. The minimum absolute atomic E-state index is 0.0405. The highest BCUT2D eigenvalue weighted by atomic mass is 16.2. The number of unbranched alkanes of at least 4 members (excludes halogenated alkanes) is 1. The van der Waals surface area contributed by atoms with Crippen LogP contribution in [0.4, 0.5) is 5.69 Å². The molecule has 4 rings (SSSR count). The van der Waals surface area contributed by atoms with E-state index in [0.29, 0.717) is 16.8 Å². The van der Waals surface area contributed by atoms with Crippen molar-refractivity contribution in [2.75, 3.05) is 5.32 Å². The lowest BCUT2D eigenvalue weighted by atomic mass is 10.1. The lowest BCUT2D eigenvalue weighted by Crippen LogP contribution is -2.42. The summed E-state index contributed by atoms with van der Waals surface area (Å²) in [5.41, 5.74) is 1.94. The van der Waals surface area contributed by atoms with E-state index in [-0.39, 0.29) is 24.5 Å². The minimum Gasteiger partial charge on any atom is -0.325 e. The third kappa shape index (κ3) is 5.06. The second kappa shape index (κ2) is 10.0. The zero-order valence-corrected chi connectivity index (χ0v) is 18.4. The number of hydrogen-bond acceptors (Lipinski definition) is 5. The Labute approximate surface area is 190 Å². The Morgan fingerprint density at radius 3 is 2.48 bits per heavy atom. The van der Waals surface area contributed by atoms with Crippen LogP contribution >= 0.6 is 0 Å². The van der Waals surface area contributed by atoms with Crippen LogP contribution < -0.4 is 16.6 Å². The Morgan fingerprint density at radius 2 is 1.76 bits per heavy atom. The first-order valence-electron chi connectivity index (χ1n) is 10.9. The maximum absolute atomic E-state index is 13.2. The first kappa shape index (κ1) is 22.1. The molecule has 0 saturated heterocycles. The van der Waals surface area contributed by atoms with E-state index in [2.05, 4.69) is 22.2 Å². The molecule has 0 saturated carbocycles. The normalized spacial score (nSPS) is 10.9. The highest BCUT2D eigenvalue weighted by molar-refractivity contribution is 5.91. The number of nitrogens with zero attached hydrogens (tertiary/aromatic N) is 4. The summed E-state index contributed by atoms with van der Waals surface area (Å²) >= 11 is 0. The van der Waals surface area contributed by atoms with E-state index in [9.17, 15) is 14.4 Å². The molecule has 0 unspecified atom stereocenters. The third-order valence-electron chi connectivity index (χ3n) is 5.41. The topological polar surface area (TPSA) is 98.9 Å². The lowest BCUT2D eigenvalue weighted by molar-refractivity contribution is -0.116. The van der Waals surface area contributed by atoms with Crippen LogP contribution in [0, 0.1) is 0 Å². The van der Waals surface area contributed by atoms with Crippen LogP contribution in [0.1, 0.15) is 30.9 Å². The average molecular weight is 444 g/mol. The van der Waals surface area contributed by atoms with Crippen molar-refractivity contribution in [2.24, 2.45) is 0 Å². The number of hydrogen-bond donors (Lipinski definition) is 1. The molecule has 0 spiro atoms. The molecule has 0 aliphatic carbocycles. The Hall–Kier alpha value is -4.07. The molecule has 0 bridgehead atoms. The number of aryl methyl sites for hydroxylation is 1. The molecule has 1 aromatic carbocycles. The minimum atomic E-state index is -0.575. The molecule has 0 atom stereocenters. The summed E-state index contributed by atoms with van der Waals surface area (Å²) in [6, 6.07) is 14.5. The van der Waals surface area contributed by atoms with Gasteiger partial charge in [0.05, 0.1) is 12.1 Å². The first-order chi connectivity index (χ1) is 16.1.